The van der Waals surface area contributed by atoms with Gasteiger partial charge in [0.05, 0.1) is 4.91 Å². The maximum absolute atomic E-state index is 12.4. The molecule has 0 unspecified atom stereocenters. The molecule has 0 bridgehead atoms. The van der Waals surface area contributed by atoms with Gasteiger partial charge in [-0.05, 0) is 19.3 Å². The molecule has 1 heterocycles. The third-order valence-electron chi connectivity index (χ3n) is 4.21. The van der Waals surface area contributed by atoms with Crippen molar-refractivity contribution in [1.82, 2.24) is 4.90 Å². The van der Waals surface area contributed by atoms with Gasteiger partial charge in [-0.15, -0.1) is 11.8 Å². The highest BCUT2D eigenvalue weighted by atomic mass is 32.2. The number of carbonyl (C=O) groups excluding carboxylic acids is 3. The monoisotopic (exact) mass is 329 g/mol. The first kappa shape index (κ1) is 16.0. The van der Waals surface area contributed by atoms with Gasteiger partial charge in [-0.2, -0.15) is 0 Å². The molecule has 0 spiro atoms. The number of amides is 1. The number of ketones is 2. The third kappa shape index (κ3) is 3.55. The summed E-state index contributed by atoms with van der Waals surface area (Å²) in [6.07, 6.45) is 5.16. The van der Waals surface area contributed by atoms with Crippen LogP contribution in [0, 0.1) is 0 Å². The van der Waals surface area contributed by atoms with Crippen molar-refractivity contribution < 1.29 is 14.4 Å². The standard InChI is InChI=1S/C18H19NO3S/c20-15-12-16(18(22)14-7-3-2-6-13(14)15)23-11-8-17(21)19-9-4-1-5-10-19/h2-3,6-7,12H,1,4-5,8-11H2. The summed E-state index contributed by atoms with van der Waals surface area (Å²) in [4.78, 5) is 38.9. The zero-order chi connectivity index (χ0) is 16.2. The Kier molecular flexibility index (Phi) is 4.96. The number of fused-ring (bicyclic) bond motifs is 1. The van der Waals surface area contributed by atoms with Crippen LogP contribution in [0.5, 0.6) is 0 Å². The molecule has 0 atom stereocenters. The van der Waals surface area contributed by atoms with Crippen LogP contribution in [0.3, 0.4) is 0 Å². The van der Waals surface area contributed by atoms with Crippen LogP contribution in [0.1, 0.15) is 46.4 Å². The van der Waals surface area contributed by atoms with Crippen LogP contribution in [0.15, 0.2) is 35.2 Å². The minimum absolute atomic E-state index is 0.115. The number of piperidine rings is 1. The minimum atomic E-state index is -0.134. The molecular weight excluding hydrogens is 310 g/mol. The van der Waals surface area contributed by atoms with Gasteiger partial charge in [0.2, 0.25) is 5.91 Å². The van der Waals surface area contributed by atoms with E-state index >= 15 is 0 Å². The van der Waals surface area contributed by atoms with E-state index in [-0.39, 0.29) is 17.5 Å². The Balaban J connectivity index is 1.57. The van der Waals surface area contributed by atoms with Gasteiger partial charge in [0.15, 0.2) is 11.6 Å². The van der Waals surface area contributed by atoms with E-state index in [4.69, 9.17) is 0 Å². The molecule has 3 rings (SSSR count). The SMILES string of the molecule is O=C1C=C(SCCC(=O)N2CCCCC2)C(=O)c2ccccc21. The Morgan fingerprint density at radius 1 is 1.04 bits per heavy atom. The van der Waals surface area contributed by atoms with Crippen molar-refractivity contribution in [1.29, 1.82) is 0 Å². The van der Waals surface area contributed by atoms with E-state index in [9.17, 15) is 14.4 Å². The van der Waals surface area contributed by atoms with Crippen molar-refractivity contribution in [3.63, 3.8) is 0 Å². The quantitative estimate of drug-likeness (QED) is 0.852. The summed E-state index contributed by atoms with van der Waals surface area (Å²) in [5.41, 5.74) is 0.927. The fourth-order valence-electron chi connectivity index (χ4n) is 2.95. The molecule has 0 radical (unpaired) electrons. The summed E-state index contributed by atoms with van der Waals surface area (Å²) in [5, 5.41) is 0. The lowest BCUT2D eigenvalue weighted by atomic mass is 9.95. The minimum Gasteiger partial charge on any atom is -0.343 e. The molecule has 1 aliphatic carbocycles. The Morgan fingerprint density at radius 3 is 2.48 bits per heavy atom. The van der Waals surface area contributed by atoms with E-state index < -0.39 is 0 Å². The average Bonchev–Trinajstić information content (AvgIpc) is 2.60. The number of nitrogens with zero attached hydrogens (tertiary/aromatic N) is 1. The van der Waals surface area contributed by atoms with E-state index in [1.165, 1.54) is 24.3 Å². The second kappa shape index (κ2) is 7.13. The van der Waals surface area contributed by atoms with Crippen molar-refractivity contribution in [2.75, 3.05) is 18.8 Å². The van der Waals surface area contributed by atoms with Gasteiger partial charge in [-0.1, -0.05) is 24.3 Å². The topological polar surface area (TPSA) is 54.5 Å². The lowest BCUT2D eigenvalue weighted by Crippen LogP contribution is -2.35. The number of carbonyl (C=O) groups is 3. The predicted octanol–water partition coefficient (Wildman–Crippen LogP) is 3.09. The fraction of sp³-hybridized carbons (Fsp3) is 0.389. The molecule has 1 fully saturated rings. The second-order valence-electron chi connectivity index (χ2n) is 5.79. The van der Waals surface area contributed by atoms with Gasteiger partial charge in [0, 0.05) is 42.5 Å². The van der Waals surface area contributed by atoms with Gasteiger partial charge < -0.3 is 4.90 Å². The Bertz CT molecular complexity index is 675. The first-order valence-corrected chi connectivity index (χ1v) is 8.96. The average molecular weight is 329 g/mol. The first-order valence-electron chi connectivity index (χ1n) is 7.97. The molecule has 5 heteroatoms. The van der Waals surface area contributed by atoms with Crippen LogP contribution >= 0.6 is 11.8 Å². The summed E-state index contributed by atoms with van der Waals surface area (Å²) in [6.45, 7) is 1.69. The fourth-order valence-corrected chi connectivity index (χ4v) is 3.88. The molecule has 1 saturated heterocycles. The van der Waals surface area contributed by atoms with Gasteiger partial charge in [0.1, 0.15) is 0 Å². The molecule has 0 saturated carbocycles. The van der Waals surface area contributed by atoms with Crippen LogP contribution in [-0.4, -0.2) is 41.2 Å². The summed E-state index contributed by atoms with van der Waals surface area (Å²) in [7, 11) is 0. The number of thioether (sulfide) groups is 1. The highest BCUT2D eigenvalue weighted by molar-refractivity contribution is 8.04. The highest BCUT2D eigenvalue weighted by Gasteiger charge is 2.25. The van der Waals surface area contributed by atoms with Crippen molar-refractivity contribution in [3.8, 4) is 0 Å². The van der Waals surface area contributed by atoms with Gasteiger partial charge in [0.25, 0.3) is 0 Å². The normalized spacial score (nSPS) is 17.7. The summed E-state index contributed by atoms with van der Waals surface area (Å²) in [6, 6.07) is 6.88. The molecule has 1 amide bonds. The van der Waals surface area contributed by atoms with Crippen LogP contribution in [-0.2, 0) is 4.79 Å². The molecule has 4 nitrogen and oxygen atoms in total. The molecule has 1 aliphatic heterocycles. The number of benzene rings is 1. The smallest absolute Gasteiger partial charge is 0.223 e. The summed E-state index contributed by atoms with van der Waals surface area (Å²) >= 11 is 1.31. The first-order chi connectivity index (χ1) is 11.2. The maximum Gasteiger partial charge on any atom is 0.223 e. The highest BCUT2D eigenvalue weighted by Crippen LogP contribution is 2.28. The van der Waals surface area contributed by atoms with Gasteiger partial charge in [-0.3, -0.25) is 14.4 Å². The molecule has 1 aromatic rings. The number of rotatable bonds is 4. The summed E-state index contributed by atoms with van der Waals surface area (Å²) in [5.74, 6) is 0.427. The molecule has 120 valence electrons. The predicted molar refractivity (Wildman–Crippen MR) is 90.7 cm³/mol. The van der Waals surface area contributed by atoms with Crippen LogP contribution in [0.2, 0.25) is 0 Å². The van der Waals surface area contributed by atoms with E-state index in [1.807, 2.05) is 4.90 Å². The molecule has 23 heavy (non-hydrogen) atoms. The zero-order valence-electron chi connectivity index (χ0n) is 12.9. The molecule has 0 aromatic heterocycles. The van der Waals surface area contributed by atoms with Crippen molar-refractivity contribution in [2.45, 2.75) is 25.7 Å². The maximum atomic E-state index is 12.4. The number of likely N-dealkylation sites (tertiary alicyclic amines) is 1. The van der Waals surface area contributed by atoms with Crippen molar-refractivity contribution in [3.05, 3.63) is 46.4 Å². The number of Topliss-reactive ketones (excluding diaryl/α,β-unsaturated/α-hetero) is 1. The number of allylic oxidation sites excluding steroid dienone is 2. The van der Waals surface area contributed by atoms with Crippen LogP contribution in [0.4, 0.5) is 0 Å². The Hall–Kier alpha value is -1.88. The molecule has 1 aromatic carbocycles. The zero-order valence-corrected chi connectivity index (χ0v) is 13.7. The molecule has 2 aliphatic rings. The van der Waals surface area contributed by atoms with Crippen molar-refractivity contribution in [2.24, 2.45) is 0 Å². The van der Waals surface area contributed by atoms with Crippen LogP contribution < -0.4 is 0 Å². The summed E-state index contributed by atoms with van der Waals surface area (Å²) < 4.78 is 0. The molecule has 0 N–H and O–H groups in total. The van der Waals surface area contributed by atoms with E-state index in [0.29, 0.717) is 28.2 Å². The third-order valence-corrected chi connectivity index (χ3v) is 5.23. The Morgan fingerprint density at radius 2 is 1.74 bits per heavy atom. The Labute approximate surface area is 139 Å². The van der Waals surface area contributed by atoms with E-state index in [2.05, 4.69) is 0 Å². The number of hydrogen-bond donors (Lipinski definition) is 0. The molecular formula is C18H19NO3S. The second-order valence-corrected chi connectivity index (χ2v) is 6.92. The largest absolute Gasteiger partial charge is 0.343 e. The lowest BCUT2D eigenvalue weighted by molar-refractivity contribution is -0.131. The van der Waals surface area contributed by atoms with Gasteiger partial charge >= 0.3 is 0 Å². The van der Waals surface area contributed by atoms with Crippen LogP contribution in [0.25, 0.3) is 0 Å². The van der Waals surface area contributed by atoms with Gasteiger partial charge in [-0.25, -0.2) is 0 Å². The number of hydrogen-bond acceptors (Lipinski definition) is 4. The lowest BCUT2D eigenvalue weighted by Gasteiger charge is -2.26. The van der Waals surface area contributed by atoms with E-state index in [0.717, 1.165) is 25.9 Å². The van der Waals surface area contributed by atoms with E-state index in [1.54, 1.807) is 24.3 Å². The van der Waals surface area contributed by atoms with Crippen molar-refractivity contribution >= 4 is 29.2 Å².